The molecule has 1 aliphatic rings. The molecule has 1 aliphatic heterocycles. The first-order valence-electron chi connectivity index (χ1n) is 6.09. The molecule has 18 heavy (non-hydrogen) atoms. The number of ether oxygens (including phenoxy) is 1. The molecular weight excluding hydrogens is 254 g/mol. The van der Waals surface area contributed by atoms with Crippen molar-refractivity contribution in [3.05, 3.63) is 0 Å². The fourth-order valence-corrected chi connectivity index (χ4v) is 1.81. The fourth-order valence-electron chi connectivity index (χ4n) is 1.56. The van der Waals surface area contributed by atoms with Gasteiger partial charge in [-0.2, -0.15) is 0 Å². The molecule has 2 amide bonds. The Balaban J connectivity index is 2.15. The van der Waals surface area contributed by atoms with Crippen molar-refractivity contribution in [2.45, 2.75) is 32.2 Å². The number of carbonyl (C=O) groups excluding carboxylic acids is 2. The Hall–Kier alpha value is -1.21. The van der Waals surface area contributed by atoms with Gasteiger partial charge in [-0.05, 0) is 32.0 Å². The van der Waals surface area contributed by atoms with Crippen LogP contribution in [0, 0.1) is 0 Å². The summed E-state index contributed by atoms with van der Waals surface area (Å²) in [6.07, 6.45) is 1.67. The average molecular weight is 273 g/mol. The summed E-state index contributed by atoms with van der Waals surface area (Å²) < 4.78 is 5.19. The predicted octanol–water partition coefficient (Wildman–Crippen LogP) is -0.318. The summed E-state index contributed by atoms with van der Waals surface area (Å²) in [5.41, 5.74) is 0. The molecule has 1 heterocycles. The quantitative estimate of drug-likeness (QED) is 0.350. The van der Waals surface area contributed by atoms with Crippen LogP contribution in [0.1, 0.15) is 26.2 Å². The van der Waals surface area contributed by atoms with Gasteiger partial charge in [-0.25, -0.2) is 0 Å². The van der Waals surface area contributed by atoms with Gasteiger partial charge in [-0.15, -0.1) is 0 Å². The fraction of sp³-hybridized carbons (Fsp3) is 0.727. The van der Waals surface area contributed by atoms with Gasteiger partial charge in [0.1, 0.15) is 6.04 Å². The zero-order valence-electron chi connectivity index (χ0n) is 10.5. The normalized spacial score (nSPS) is 19.3. The van der Waals surface area contributed by atoms with E-state index < -0.39 is 6.04 Å². The molecule has 1 saturated heterocycles. The standard InChI is InChI=1S/C11H19N3O3S/c1-2-17-7-3-6-12-11(18)13-8-4-5-9(15)14-10(8)16/h8H,2-7H2,1H3,(H2,12,13,18)(H,14,15,16). The largest absolute Gasteiger partial charge is 0.382 e. The number of hydrogen-bond donors (Lipinski definition) is 3. The third kappa shape index (κ3) is 5.42. The van der Waals surface area contributed by atoms with E-state index in [0.717, 1.165) is 6.42 Å². The van der Waals surface area contributed by atoms with E-state index in [1.54, 1.807) is 0 Å². The van der Waals surface area contributed by atoms with Crippen molar-refractivity contribution >= 4 is 29.1 Å². The van der Waals surface area contributed by atoms with Gasteiger partial charge in [0.15, 0.2) is 5.11 Å². The molecule has 0 aromatic rings. The van der Waals surface area contributed by atoms with Crippen molar-refractivity contribution in [1.29, 1.82) is 0 Å². The molecule has 0 radical (unpaired) electrons. The van der Waals surface area contributed by atoms with E-state index in [4.69, 9.17) is 17.0 Å². The molecule has 0 aromatic carbocycles. The third-order valence-electron chi connectivity index (χ3n) is 2.50. The molecule has 1 atom stereocenters. The van der Waals surface area contributed by atoms with Gasteiger partial charge < -0.3 is 15.4 Å². The summed E-state index contributed by atoms with van der Waals surface area (Å²) in [5, 5.41) is 8.59. The lowest BCUT2D eigenvalue weighted by atomic mass is 10.1. The topological polar surface area (TPSA) is 79.5 Å². The van der Waals surface area contributed by atoms with Gasteiger partial charge in [0.25, 0.3) is 0 Å². The lowest BCUT2D eigenvalue weighted by Crippen LogP contribution is -2.54. The summed E-state index contributed by atoms with van der Waals surface area (Å²) >= 11 is 5.07. The van der Waals surface area contributed by atoms with Crippen LogP contribution in [0.4, 0.5) is 0 Å². The van der Waals surface area contributed by atoms with Crippen molar-refractivity contribution in [2.75, 3.05) is 19.8 Å². The number of piperidine rings is 1. The Labute approximate surface area is 112 Å². The minimum absolute atomic E-state index is 0.228. The zero-order chi connectivity index (χ0) is 13.4. The molecular formula is C11H19N3O3S. The highest BCUT2D eigenvalue weighted by atomic mass is 32.1. The van der Waals surface area contributed by atoms with Crippen LogP contribution >= 0.6 is 12.2 Å². The first kappa shape index (κ1) is 14.8. The lowest BCUT2D eigenvalue weighted by molar-refractivity contribution is -0.134. The van der Waals surface area contributed by atoms with Crippen LogP contribution in [0.3, 0.4) is 0 Å². The molecule has 0 bridgehead atoms. The number of imide groups is 1. The molecule has 6 nitrogen and oxygen atoms in total. The summed E-state index contributed by atoms with van der Waals surface area (Å²) in [6.45, 7) is 4.03. The van der Waals surface area contributed by atoms with Gasteiger partial charge in [0.2, 0.25) is 11.8 Å². The van der Waals surface area contributed by atoms with Crippen molar-refractivity contribution in [1.82, 2.24) is 16.0 Å². The molecule has 1 rings (SSSR count). The summed E-state index contributed by atoms with van der Waals surface area (Å²) in [6, 6.07) is -0.422. The molecule has 3 N–H and O–H groups in total. The molecule has 7 heteroatoms. The smallest absolute Gasteiger partial charge is 0.249 e. The van der Waals surface area contributed by atoms with E-state index in [1.807, 2.05) is 6.92 Å². The Kier molecular flexibility index (Phi) is 6.59. The van der Waals surface area contributed by atoms with Crippen molar-refractivity contribution in [3.8, 4) is 0 Å². The van der Waals surface area contributed by atoms with Crippen LogP contribution in [-0.4, -0.2) is 42.7 Å². The van der Waals surface area contributed by atoms with Crippen LogP contribution in [0.5, 0.6) is 0 Å². The maximum absolute atomic E-state index is 11.5. The number of carbonyl (C=O) groups is 2. The number of thiocarbonyl (C=S) groups is 1. The van der Waals surface area contributed by atoms with Crippen LogP contribution < -0.4 is 16.0 Å². The first-order chi connectivity index (χ1) is 8.63. The highest BCUT2D eigenvalue weighted by molar-refractivity contribution is 7.80. The number of rotatable bonds is 6. The van der Waals surface area contributed by atoms with Crippen molar-refractivity contribution in [3.63, 3.8) is 0 Å². The van der Waals surface area contributed by atoms with Crippen LogP contribution in [-0.2, 0) is 14.3 Å². The van der Waals surface area contributed by atoms with Gasteiger partial charge in [0.05, 0.1) is 0 Å². The van der Waals surface area contributed by atoms with Crippen molar-refractivity contribution in [2.24, 2.45) is 0 Å². The van der Waals surface area contributed by atoms with Gasteiger partial charge in [-0.1, -0.05) is 0 Å². The Morgan fingerprint density at radius 1 is 1.56 bits per heavy atom. The molecule has 0 saturated carbocycles. The number of hydrogen-bond acceptors (Lipinski definition) is 4. The van der Waals surface area contributed by atoms with E-state index in [2.05, 4.69) is 16.0 Å². The minimum atomic E-state index is -0.422. The van der Waals surface area contributed by atoms with Gasteiger partial charge in [0, 0.05) is 26.2 Å². The van der Waals surface area contributed by atoms with E-state index in [9.17, 15) is 9.59 Å². The Morgan fingerprint density at radius 3 is 3.00 bits per heavy atom. The Morgan fingerprint density at radius 2 is 2.33 bits per heavy atom. The maximum atomic E-state index is 11.5. The van der Waals surface area contributed by atoms with Gasteiger partial charge >= 0.3 is 0 Å². The maximum Gasteiger partial charge on any atom is 0.249 e. The van der Waals surface area contributed by atoms with Crippen molar-refractivity contribution < 1.29 is 14.3 Å². The molecule has 1 unspecified atom stereocenters. The zero-order valence-corrected chi connectivity index (χ0v) is 11.3. The lowest BCUT2D eigenvalue weighted by Gasteiger charge is -2.23. The van der Waals surface area contributed by atoms with Gasteiger partial charge in [-0.3, -0.25) is 14.9 Å². The summed E-state index contributed by atoms with van der Waals surface area (Å²) in [5.74, 6) is -0.543. The average Bonchev–Trinajstić information content (AvgIpc) is 2.32. The number of amides is 2. The highest BCUT2D eigenvalue weighted by Crippen LogP contribution is 2.03. The monoisotopic (exact) mass is 273 g/mol. The predicted molar refractivity (Wildman–Crippen MR) is 71.0 cm³/mol. The molecule has 0 aliphatic carbocycles. The highest BCUT2D eigenvalue weighted by Gasteiger charge is 2.26. The molecule has 0 aromatic heterocycles. The van der Waals surface area contributed by atoms with Crippen LogP contribution in [0.15, 0.2) is 0 Å². The van der Waals surface area contributed by atoms with E-state index in [-0.39, 0.29) is 11.8 Å². The Bertz CT molecular complexity index is 323. The minimum Gasteiger partial charge on any atom is -0.382 e. The second kappa shape index (κ2) is 7.99. The number of nitrogens with one attached hydrogen (secondary N) is 3. The molecule has 0 spiro atoms. The third-order valence-corrected chi connectivity index (χ3v) is 2.76. The second-order valence-electron chi connectivity index (χ2n) is 3.95. The van der Waals surface area contributed by atoms with E-state index in [0.29, 0.717) is 37.7 Å². The summed E-state index contributed by atoms with van der Waals surface area (Å²) in [7, 11) is 0. The van der Waals surface area contributed by atoms with E-state index >= 15 is 0 Å². The summed E-state index contributed by atoms with van der Waals surface area (Å²) in [4.78, 5) is 22.4. The molecule has 1 fully saturated rings. The first-order valence-corrected chi connectivity index (χ1v) is 6.50. The SMILES string of the molecule is CCOCCCNC(=S)NC1CCC(=O)NC1=O. The van der Waals surface area contributed by atoms with Crippen LogP contribution in [0.25, 0.3) is 0 Å². The van der Waals surface area contributed by atoms with E-state index in [1.165, 1.54) is 0 Å². The van der Waals surface area contributed by atoms with Crippen LogP contribution in [0.2, 0.25) is 0 Å². The second-order valence-corrected chi connectivity index (χ2v) is 4.36. The molecule has 102 valence electrons.